The minimum absolute atomic E-state index is 0.00986. The lowest BCUT2D eigenvalue weighted by molar-refractivity contribution is -0.114. The number of sulfonamides is 1. The van der Waals surface area contributed by atoms with Gasteiger partial charge in [-0.15, -0.1) is 0 Å². The largest absolute Gasteiger partial charge is 0.465 e. The van der Waals surface area contributed by atoms with Gasteiger partial charge >= 0.3 is 5.97 Å². The number of amides is 1. The Bertz CT molecular complexity index is 1010. The van der Waals surface area contributed by atoms with Crippen molar-refractivity contribution in [2.75, 3.05) is 29.5 Å². The van der Waals surface area contributed by atoms with Gasteiger partial charge in [0.25, 0.3) is 0 Å². The fourth-order valence-electron chi connectivity index (χ4n) is 2.36. The number of nitriles is 1. The van der Waals surface area contributed by atoms with Crippen LogP contribution in [-0.4, -0.2) is 40.2 Å². The monoisotopic (exact) mass is 387 g/mol. The highest BCUT2D eigenvalue weighted by molar-refractivity contribution is 7.92. The molecule has 0 saturated carbocycles. The van der Waals surface area contributed by atoms with Gasteiger partial charge in [0.15, 0.2) is 0 Å². The van der Waals surface area contributed by atoms with Gasteiger partial charge in [0.05, 0.1) is 35.9 Å². The average molecular weight is 387 g/mol. The van der Waals surface area contributed by atoms with Gasteiger partial charge in [0.1, 0.15) is 12.6 Å². The van der Waals surface area contributed by atoms with Crippen LogP contribution in [0.5, 0.6) is 0 Å². The maximum atomic E-state index is 12.4. The van der Waals surface area contributed by atoms with E-state index in [2.05, 4.69) is 10.1 Å². The van der Waals surface area contributed by atoms with Crippen molar-refractivity contribution in [3.8, 4) is 6.07 Å². The third-order valence-corrected chi connectivity index (χ3v) is 4.71. The summed E-state index contributed by atoms with van der Waals surface area (Å²) in [6, 6.07) is 14.2. The standard InChI is InChI=1S/C18H17N3O5S/c1-26-18(23)14-8-4-6-10-16(14)21(27(2,24)25)12-17(22)20-15-9-5-3-7-13(15)11-19/h3-10H,12H2,1-2H3,(H,20,22). The van der Waals surface area contributed by atoms with Crippen molar-refractivity contribution in [2.45, 2.75) is 0 Å². The lowest BCUT2D eigenvalue weighted by Crippen LogP contribution is -2.38. The number of hydrogen-bond acceptors (Lipinski definition) is 6. The summed E-state index contributed by atoms with van der Waals surface area (Å²) in [5, 5.41) is 11.6. The molecule has 0 unspecified atom stereocenters. The maximum Gasteiger partial charge on any atom is 0.340 e. The zero-order valence-electron chi connectivity index (χ0n) is 14.7. The number of methoxy groups -OCH3 is 1. The molecule has 0 aromatic heterocycles. The lowest BCUT2D eigenvalue weighted by Gasteiger charge is -2.23. The lowest BCUT2D eigenvalue weighted by atomic mass is 10.1. The van der Waals surface area contributed by atoms with E-state index in [-0.39, 0.29) is 22.5 Å². The summed E-state index contributed by atoms with van der Waals surface area (Å²) in [7, 11) is -2.71. The topological polar surface area (TPSA) is 117 Å². The summed E-state index contributed by atoms with van der Waals surface area (Å²) in [6.45, 7) is -0.577. The van der Waals surface area contributed by atoms with Crippen LogP contribution in [0.3, 0.4) is 0 Å². The molecule has 0 heterocycles. The Balaban J connectivity index is 2.36. The van der Waals surface area contributed by atoms with E-state index in [4.69, 9.17) is 5.26 Å². The Morgan fingerprint density at radius 1 is 1.15 bits per heavy atom. The summed E-state index contributed by atoms with van der Waals surface area (Å²) in [6.07, 6.45) is 0.928. The molecule has 2 aromatic carbocycles. The van der Waals surface area contributed by atoms with E-state index >= 15 is 0 Å². The van der Waals surface area contributed by atoms with E-state index in [1.807, 2.05) is 6.07 Å². The van der Waals surface area contributed by atoms with Gasteiger partial charge in [-0.1, -0.05) is 24.3 Å². The first-order valence-electron chi connectivity index (χ1n) is 7.72. The van der Waals surface area contributed by atoms with E-state index in [0.29, 0.717) is 0 Å². The van der Waals surface area contributed by atoms with Crippen LogP contribution in [-0.2, 0) is 19.6 Å². The second-order valence-corrected chi connectivity index (χ2v) is 7.39. The predicted octanol–water partition coefficient (Wildman–Crippen LogP) is 1.75. The Kier molecular flexibility index (Phi) is 6.15. The van der Waals surface area contributed by atoms with Crippen LogP contribution in [0.15, 0.2) is 48.5 Å². The molecule has 0 spiro atoms. The van der Waals surface area contributed by atoms with Crippen molar-refractivity contribution in [3.63, 3.8) is 0 Å². The van der Waals surface area contributed by atoms with Crippen molar-refractivity contribution in [1.82, 2.24) is 0 Å². The zero-order valence-corrected chi connectivity index (χ0v) is 15.5. The number of hydrogen-bond donors (Lipinski definition) is 1. The Morgan fingerprint density at radius 2 is 1.78 bits per heavy atom. The molecule has 1 amide bonds. The van der Waals surface area contributed by atoms with E-state index in [1.54, 1.807) is 24.3 Å². The molecule has 0 radical (unpaired) electrons. The second kappa shape index (κ2) is 8.33. The molecule has 0 saturated heterocycles. The van der Waals surface area contributed by atoms with Gasteiger partial charge < -0.3 is 10.1 Å². The SMILES string of the molecule is COC(=O)c1ccccc1N(CC(=O)Nc1ccccc1C#N)S(C)(=O)=O. The fourth-order valence-corrected chi connectivity index (χ4v) is 3.23. The van der Waals surface area contributed by atoms with Gasteiger partial charge in [-0.05, 0) is 24.3 Å². The highest BCUT2D eigenvalue weighted by Gasteiger charge is 2.26. The van der Waals surface area contributed by atoms with Crippen molar-refractivity contribution in [1.29, 1.82) is 5.26 Å². The minimum Gasteiger partial charge on any atom is -0.465 e. The summed E-state index contributed by atoms with van der Waals surface area (Å²) >= 11 is 0. The molecule has 0 fully saturated rings. The summed E-state index contributed by atoms with van der Waals surface area (Å²) in [5.41, 5.74) is 0.539. The van der Waals surface area contributed by atoms with Gasteiger partial charge in [-0.2, -0.15) is 5.26 Å². The van der Waals surface area contributed by atoms with E-state index in [0.717, 1.165) is 10.6 Å². The predicted molar refractivity (Wildman–Crippen MR) is 99.8 cm³/mol. The van der Waals surface area contributed by atoms with Gasteiger partial charge in [0, 0.05) is 0 Å². The molecule has 0 bridgehead atoms. The van der Waals surface area contributed by atoms with Gasteiger partial charge in [0.2, 0.25) is 15.9 Å². The van der Waals surface area contributed by atoms with Crippen molar-refractivity contribution < 1.29 is 22.7 Å². The number of ether oxygens (including phenoxy) is 1. The van der Waals surface area contributed by atoms with Gasteiger partial charge in [-0.25, -0.2) is 13.2 Å². The number of carbonyl (C=O) groups excluding carboxylic acids is 2. The average Bonchev–Trinajstić information content (AvgIpc) is 2.65. The maximum absolute atomic E-state index is 12.4. The quantitative estimate of drug-likeness (QED) is 0.755. The van der Waals surface area contributed by atoms with E-state index in [1.165, 1.54) is 31.4 Å². The normalized spacial score (nSPS) is 10.6. The first kappa shape index (κ1) is 19.9. The number of anilines is 2. The first-order chi connectivity index (χ1) is 12.8. The van der Waals surface area contributed by atoms with E-state index < -0.39 is 28.4 Å². The summed E-state index contributed by atoms with van der Waals surface area (Å²) in [4.78, 5) is 24.4. The molecule has 0 aliphatic rings. The van der Waals surface area contributed by atoms with Crippen molar-refractivity contribution in [2.24, 2.45) is 0 Å². The number of esters is 1. The molecule has 0 atom stereocenters. The third-order valence-electron chi connectivity index (χ3n) is 3.59. The van der Waals surface area contributed by atoms with Gasteiger partial charge in [-0.3, -0.25) is 9.10 Å². The number of nitrogens with zero attached hydrogens (tertiary/aromatic N) is 2. The van der Waals surface area contributed by atoms with Crippen LogP contribution in [0, 0.1) is 11.3 Å². The van der Waals surface area contributed by atoms with Crippen LogP contribution < -0.4 is 9.62 Å². The zero-order chi connectivity index (χ0) is 20.0. The molecule has 0 aliphatic heterocycles. The molecule has 1 N–H and O–H groups in total. The molecule has 27 heavy (non-hydrogen) atoms. The van der Waals surface area contributed by atoms with Crippen LogP contribution in [0.2, 0.25) is 0 Å². The highest BCUT2D eigenvalue weighted by atomic mass is 32.2. The molecule has 2 rings (SSSR count). The van der Waals surface area contributed by atoms with Crippen LogP contribution >= 0.6 is 0 Å². The van der Waals surface area contributed by atoms with Crippen molar-refractivity contribution >= 4 is 33.3 Å². The number of nitrogens with one attached hydrogen (secondary N) is 1. The van der Waals surface area contributed by atoms with Crippen LogP contribution in [0.1, 0.15) is 15.9 Å². The highest BCUT2D eigenvalue weighted by Crippen LogP contribution is 2.24. The second-order valence-electron chi connectivity index (χ2n) is 5.48. The molecule has 8 nitrogen and oxygen atoms in total. The number of para-hydroxylation sites is 2. The third kappa shape index (κ3) is 4.83. The first-order valence-corrected chi connectivity index (χ1v) is 9.56. The summed E-state index contributed by atoms with van der Waals surface area (Å²) < 4.78 is 30.0. The number of benzene rings is 2. The number of carbonyl (C=O) groups is 2. The number of rotatable bonds is 6. The molecule has 0 aliphatic carbocycles. The Hall–Kier alpha value is -3.38. The van der Waals surface area contributed by atoms with Crippen LogP contribution in [0.25, 0.3) is 0 Å². The van der Waals surface area contributed by atoms with E-state index in [9.17, 15) is 18.0 Å². The summed E-state index contributed by atoms with van der Waals surface area (Å²) in [5.74, 6) is -1.39. The van der Waals surface area contributed by atoms with Crippen LogP contribution in [0.4, 0.5) is 11.4 Å². The van der Waals surface area contributed by atoms with Crippen molar-refractivity contribution in [3.05, 3.63) is 59.7 Å². The fraction of sp³-hybridized carbons (Fsp3) is 0.167. The molecule has 140 valence electrons. The minimum atomic E-state index is -3.89. The molecule has 2 aromatic rings. The Labute approximate surface area is 157 Å². The molecule has 9 heteroatoms. The Morgan fingerprint density at radius 3 is 2.41 bits per heavy atom. The smallest absolute Gasteiger partial charge is 0.340 e. The molecular weight excluding hydrogens is 370 g/mol. The molecular formula is C18H17N3O5S.